The number of hydrogen-bond acceptors (Lipinski definition) is 6. The number of ether oxygens (including phenoxy) is 5. The first kappa shape index (κ1) is 38.9. The van der Waals surface area contributed by atoms with Crippen molar-refractivity contribution in [2.45, 2.75) is 56.9 Å². The molecule has 58 heavy (non-hydrogen) atoms. The van der Waals surface area contributed by atoms with Crippen molar-refractivity contribution >= 4 is 5.97 Å². The third-order valence-electron chi connectivity index (χ3n) is 10.5. The number of rotatable bonds is 16. The second-order valence-electron chi connectivity index (χ2n) is 14.5. The number of carboxylic acids is 1. The highest BCUT2D eigenvalue weighted by Crippen LogP contribution is 2.42. The van der Waals surface area contributed by atoms with Crippen LogP contribution in [0.4, 0.5) is 0 Å². The van der Waals surface area contributed by atoms with E-state index in [0.29, 0.717) is 37.6 Å². The molecule has 3 aliphatic rings. The second kappa shape index (κ2) is 19.0. The fourth-order valence-corrected chi connectivity index (χ4v) is 7.69. The Labute approximate surface area is 339 Å². The molecule has 292 valence electrons. The van der Waals surface area contributed by atoms with Gasteiger partial charge in [0.1, 0.15) is 30.5 Å². The zero-order chi connectivity index (χ0) is 39.5. The van der Waals surface area contributed by atoms with Gasteiger partial charge in [0.15, 0.2) is 0 Å². The summed E-state index contributed by atoms with van der Waals surface area (Å²) >= 11 is 0. The average molecular weight is 771 g/mol. The first-order valence-corrected chi connectivity index (χ1v) is 19.7. The van der Waals surface area contributed by atoms with Crippen molar-refractivity contribution in [1.82, 2.24) is 0 Å². The Morgan fingerprint density at radius 2 is 0.948 bits per heavy atom. The Bertz CT molecular complexity index is 2320. The van der Waals surface area contributed by atoms with Crippen LogP contribution in [-0.2, 0) is 50.1 Å². The Morgan fingerprint density at radius 1 is 0.483 bits per heavy atom. The van der Waals surface area contributed by atoms with Crippen molar-refractivity contribution in [1.29, 1.82) is 0 Å². The van der Waals surface area contributed by atoms with E-state index >= 15 is 0 Å². The molecule has 1 N–H and O–H groups in total. The molecule has 0 radical (unpaired) electrons. The molecular weight excluding hydrogens is 725 g/mol. The molecule has 0 spiro atoms. The standard InChI is InChI=1S/C51H46O7/c52-51(53)46-43-28-15-5-14-25-41(43)30-44(46)40-26-16-27-42(29-40)47-49(56-33-38-21-10-3-11-22-38)50(57-34-39-23-12-4-13-24-39)48(55-32-37-19-8-2-9-20-37)45(58-47)35-54-31-36-17-6-1-7-18-36/h1-30,45,47-50H,31-35H2,(H,52,53)/t45-,47+,48-,49+,50+/m1/s1. The summed E-state index contributed by atoms with van der Waals surface area (Å²) in [4.78, 5) is 12.8. The Balaban J connectivity index is 1.20. The molecule has 0 saturated carbocycles. The molecule has 1 heterocycles. The van der Waals surface area contributed by atoms with E-state index in [4.69, 9.17) is 23.7 Å². The molecule has 5 aromatic rings. The summed E-state index contributed by atoms with van der Waals surface area (Å²) in [6.07, 6.45) is -3.02. The van der Waals surface area contributed by atoms with Gasteiger partial charge in [0.2, 0.25) is 0 Å². The van der Waals surface area contributed by atoms with Gasteiger partial charge in [0.25, 0.3) is 0 Å². The average Bonchev–Trinajstić information content (AvgIpc) is 3.49. The van der Waals surface area contributed by atoms with E-state index in [2.05, 4.69) is 0 Å². The van der Waals surface area contributed by atoms with Gasteiger partial charge < -0.3 is 28.8 Å². The van der Waals surface area contributed by atoms with Gasteiger partial charge in [0, 0.05) is 0 Å². The van der Waals surface area contributed by atoms with E-state index in [0.717, 1.165) is 38.9 Å². The summed E-state index contributed by atoms with van der Waals surface area (Å²) in [6, 6.07) is 59.6. The zero-order valence-electron chi connectivity index (χ0n) is 32.1. The van der Waals surface area contributed by atoms with Gasteiger partial charge in [-0.05, 0) is 62.2 Å². The summed E-state index contributed by atoms with van der Waals surface area (Å²) < 4.78 is 34.3. The van der Waals surface area contributed by atoms with Crippen LogP contribution in [0.5, 0.6) is 0 Å². The predicted molar refractivity (Wildman–Crippen MR) is 224 cm³/mol. The van der Waals surface area contributed by atoms with Crippen LogP contribution in [0.25, 0.3) is 22.3 Å². The molecule has 1 aliphatic heterocycles. The SMILES string of the molecule is O=C(O)c1c2cccccc-2cc1-c1cccc([C@@H]2O[C@H](COCc3ccccc3)[C@@H](OCc3ccccc3)[C@H](OCc3ccccc3)[C@H]2OCc2ccccc2)c1. The first-order valence-electron chi connectivity index (χ1n) is 19.7. The summed E-state index contributed by atoms with van der Waals surface area (Å²) in [5, 5.41) is 10.5. The molecule has 0 amide bonds. The lowest BCUT2D eigenvalue weighted by atomic mass is 9.89. The van der Waals surface area contributed by atoms with Crippen LogP contribution >= 0.6 is 0 Å². The van der Waals surface area contributed by atoms with Crippen molar-refractivity contribution in [3.63, 3.8) is 0 Å². The maximum Gasteiger partial charge on any atom is 0.336 e. The lowest BCUT2D eigenvalue weighted by Gasteiger charge is -2.46. The smallest absolute Gasteiger partial charge is 0.336 e. The minimum absolute atomic E-state index is 0.232. The number of aromatic carboxylic acids is 1. The molecule has 1 fully saturated rings. The molecule has 0 unspecified atom stereocenters. The van der Waals surface area contributed by atoms with Gasteiger partial charge in [-0.3, -0.25) is 0 Å². The molecule has 2 aliphatic carbocycles. The van der Waals surface area contributed by atoms with Crippen LogP contribution in [0, 0.1) is 0 Å². The predicted octanol–water partition coefficient (Wildman–Crippen LogP) is 10.6. The summed E-state index contributed by atoms with van der Waals surface area (Å²) in [6.45, 7) is 1.60. The highest BCUT2D eigenvalue weighted by Gasteiger charge is 2.49. The van der Waals surface area contributed by atoms with Crippen molar-refractivity contribution in [2.75, 3.05) is 6.61 Å². The summed E-state index contributed by atoms with van der Waals surface area (Å²) in [5.74, 6) is -0.983. The highest BCUT2D eigenvalue weighted by atomic mass is 16.6. The number of fused-ring (bicyclic) bond motifs is 1. The van der Waals surface area contributed by atoms with E-state index in [1.54, 1.807) is 0 Å². The van der Waals surface area contributed by atoms with Crippen molar-refractivity contribution < 1.29 is 33.6 Å². The van der Waals surface area contributed by atoms with Gasteiger partial charge in [0.05, 0.1) is 38.6 Å². The summed E-state index contributed by atoms with van der Waals surface area (Å²) in [7, 11) is 0. The van der Waals surface area contributed by atoms with Crippen LogP contribution in [0.1, 0.15) is 44.3 Å². The normalized spacial score (nSPS) is 19.2. The van der Waals surface area contributed by atoms with Crippen LogP contribution in [-0.4, -0.2) is 42.1 Å². The molecular formula is C51H46O7. The topological polar surface area (TPSA) is 83.5 Å². The monoisotopic (exact) mass is 770 g/mol. The maximum absolute atomic E-state index is 12.8. The van der Waals surface area contributed by atoms with Crippen LogP contribution in [0.15, 0.2) is 182 Å². The third kappa shape index (κ3) is 9.43. The molecule has 0 bridgehead atoms. The second-order valence-corrected chi connectivity index (χ2v) is 14.5. The maximum atomic E-state index is 12.8. The molecule has 8 rings (SSSR count). The Hall–Kier alpha value is -5.93. The van der Waals surface area contributed by atoms with Crippen LogP contribution in [0.2, 0.25) is 0 Å². The molecule has 1 saturated heterocycles. The van der Waals surface area contributed by atoms with Crippen LogP contribution < -0.4 is 0 Å². The largest absolute Gasteiger partial charge is 0.478 e. The van der Waals surface area contributed by atoms with Gasteiger partial charge in [-0.15, -0.1) is 0 Å². The van der Waals surface area contributed by atoms with E-state index in [-0.39, 0.29) is 12.2 Å². The fraction of sp³-hybridized carbons (Fsp3) is 0.196. The molecule has 0 aromatic heterocycles. The number of benzene rings is 5. The minimum Gasteiger partial charge on any atom is -0.478 e. The van der Waals surface area contributed by atoms with Gasteiger partial charge in [-0.2, -0.15) is 0 Å². The summed E-state index contributed by atoms with van der Waals surface area (Å²) in [5.41, 5.74) is 8.12. The van der Waals surface area contributed by atoms with E-state index in [1.165, 1.54) is 0 Å². The molecule has 7 nitrogen and oxygen atoms in total. The van der Waals surface area contributed by atoms with Gasteiger partial charge in [-0.25, -0.2) is 4.79 Å². The van der Waals surface area contributed by atoms with Crippen molar-refractivity contribution in [2.24, 2.45) is 0 Å². The number of carboxylic acid groups (broad SMARTS) is 1. The molecule has 5 aromatic carbocycles. The Morgan fingerprint density at radius 3 is 1.52 bits per heavy atom. The van der Waals surface area contributed by atoms with E-state index in [9.17, 15) is 9.90 Å². The zero-order valence-corrected chi connectivity index (χ0v) is 32.1. The number of carbonyl (C=O) groups is 1. The van der Waals surface area contributed by atoms with Gasteiger partial charge in [-0.1, -0.05) is 170 Å². The number of hydrogen-bond donors (Lipinski definition) is 1. The molecule has 5 atom stereocenters. The molecule has 7 heteroatoms. The van der Waals surface area contributed by atoms with Crippen LogP contribution in [0.3, 0.4) is 0 Å². The quantitative estimate of drug-likeness (QED) is 0.105. The third-order valence-corrected chi connectivity index (χ3v) is 10.5. The first-order chi connectivity index (χ1) is 28.6. The lowest BCUT2D eigenvalue weighted by molar-refractivity contribution is -0.275. The lowest BCUT2D eigenvalue weighted by Crippen LogP contribution is -2.58. The highest BCUT2D eigenvalue weighted by molar-refractivity contribution is 6.06. The fourth-order valence-electron chi connectivity index (χ4n) is 7.69. The Kier molecular flexibility index (Phi) is 12.8. The van der Waals surface area contributed by atoms with Gasteiger partial charge >= 0.3 is 5.97 Å². The minimum atomic E-state index is -0.983. The van der Waals surface area contributed by atoms with E-state index < -0.39 is 36.5 Å². The van der Waals surface area contributed by atoms with E-state index in [1.807, 2.05) is 182 Å². The van der Waals surface area contributed by atoms with Crippen molar-refractivity contribution in [3.05, 3.63) is 215 Å². The van der Waals surface area contributed by atoms with Crippen molar-refractivity contribution in [3.8, 4) is 22.3 Å².